The molecule has 1 fully saturated rings. The molecule has 0 spiro atoms. The number of nitrogens with one attached hydrogen (secondary N) is 1. The number of hydrogen-bond acceptors (Lipinski definition) is 4. The number of nitrogens with zero attached hydrogens (tertiary/aromatic N) is 2. The second kappa shape index (κ2) is 6.78. The first-order valence-corrected chi connectivity index (χ1v) is 5.70. The number of ether oxygens (including phenoxy) is 1. The topological polar surface area (TPSA) is 48.3 Å². The highest BCUT2D eigenvalue weighted by Crippen LogP contribution is 2.04. The Morgan fingerprint density at radius 3 is 3.13 bits per heavy atom. The van der Waals surface area contributed by atoms with Gasteiger partial charge in [0.15, 0.2) is 0 Å². The minimum absolute atomic E-state index is 0.260. The minimum Gasteiger partial charge on any atom is -0.374 e. The molecular weight excluding hydrogens is 190 g/mol. The van der Waals surface area contributed by atoms with E-state index >= 15 is 0 Å². The third-order valence-corrected chi connectivity index (χ3v) is 2.76. The van der Waals surface area contributed by atoms with Crippen molar-refractivity contribution < 1.29 is 4.74 Å². The van der Waals surface area contributed by atoms with Gasteiger partial charge >= 0.3 is 0 Å². The maximum atomic E-state index is 8.52. The third kappa shape index (κ3) is 4.61. The minimum atomic E-state index is 0.260. The Morgan fingerprint density at radius 1 is 1.67 bits per heavy atom. The van der Waals surface area contributed by atoms with Crippen LogP contribution in [-0.2, 0) is 4.74 Å². The molecule has 0 aromatic rings. The fraction of sp³-hybridized carbons (Fsp3) is 0.909. The first-order valence-electron chi connectivity index (χ1n) is 5.70. The SMILES string of the molecule is CCN1CCOC(CNC(C)CC#N)C1. The van der Waals surface area contributed by atoms with Gasteiger partial charge in [-0.2, -0.15) is 5.26 Å². The van der Waals surface area contributed by atoms with Crippen LogP contribution in [0.4, 0.5) is 0 Å². The molecule has 1 aliphatic heterocycles. The predicted molar refractivity (Wildman–Crippen MR) is 59.5 cm³/mol. The van der Waals surface area contributed by atoms with Crippen LogP contribution in [-0.4, -0.2) is 49.8 Å². The Morgan fingerprint density at radius 2 is 2.47 bits per heavy atom. The zero-order valence-electron chi connectivity index (χ0n) is 9.70. The maximum Gasteiger partial charge on any atom is 0.0826 e. The van der Waals surface area contributed by atoms with E-state index in [1.54, 1.807) is 0 Å². The lowest BCUT2D eigenvalue weighted by Gasteiger charge is -2.32. The van der Waals surface area contributed by atoms with Crippen LogP contribution in [0.2, 0.25) is 0 Å². The lowest BCUT2D eigenvalue weighted by molar-refractivity contribution is -0.0261. The van der Waals surface area contributed by atoms with E-state index in [2.05, 4.69) is 23.2 Å². The summed E-state index contributed by atoms with van der Waals surface area (Å²) in [4.78, 5) is 2.39. The van der Waals surface area contributed by atoms with E-state index < -0.39 is 0 Å². The van der Waals surface area contributed by atoms with Crippen LogP contribution in [0.3, 0.4) is 0 Å². The standard InChI is InChI=1S/C11H21N3O/c1-3-14-6-7-15-11(9-14)8-13-10(2)4-5-12/h10-11,13H,3-4,6-9H2,1-2H3. The highest BCUT2D eigenvalue weighted by atomic mass is 16.5. The van der Waals surface area contributed by atoms with Crippen LogP contribution in [0, 0.1) is 11.3 Å². The van der Waals surface area contributed by atoms with Crippen molar-refractivity contribution in [3.05, 3.63) is 0 Å². The molecule has 1 aliphatic rings. The molecule has 0 aromatic heterocycles. The van der Waals surface area contributed by atoms with Gasteiger partial charge in [0.05, 0.1) is 25.2 Å². The molecule has 0 amide bonds. The summed E-state index contributed by atoms with van der Waals surface area (Å²) < 4.78 is 5.65. The fourth-order valence-corrected chi connectivity index (χ4v) is 1.73. The first-order chi connectivity index (χ1) is 7.26. The molecular formula is C11H21N3O. The van der Waals surface area contributed by atoms with E-state index in [1.807, 2.05) is 6.92 Å². The maximum absolute atomic E-state index is 8.52. The van der Waals surface area contributed by atoms with E-state index in [0.717, 1.165) is 32.8 Å². The summed E-state index contributed by atoms with van der Waals surface area (Å²) in [6.07, 6.45) is 0.837. The van der Waals surface area contributed by atoms with Gasteiger partial charge in [-0.1, -0.05) is 6.92 Å². The van der Waals surface area contributed by atoms with Crippen molar-refractivity contribution in [1.82, 2.24) is 10.2 Å². The van der Waals surface area contributed by atoms with E-state index in [1.165, 1.54) is 0 Å². The molecule has 1 rings (SSSR count). The molecule has 4 heteroatoms. The van der Waals surface area contributed by atoms with Gasteiger partial charge in [-0.3, -0.25) is 4.90 Å². The molecule has 0 saturated carbocycles. The number of likely N-dealkylation sites (N-methyl/N-ethyl adjacent to an activating group) is 1. The van der Waals surface area contributed by atoms with Crippen molar-refractivity contribution in [2.75, 3.05) is 32.8 Å². The van der Waals surface area contributed by atoms with Crippen LogP contribution < -0.4 is 5.32 Å². The van der Waals surface area contributed by atoms with Crippen molar-refractivity contribution in [3.63, 3.8) is 0 Å². The number of rotatable bonds is 5. The van der Waals surface area contributed by atoms with Gasteiger partial charge in [-0.25, -0.2) is 0 Å². The first kappa shape index (κ1) is 12.4. The zero-order valence-corrected chi connectivity index (χ0v) is 9.70. The molecule has 1 N–H and O–H groups in total. The highest BCUT2D eigenvalue weighted by Gasteiger charge is 2.19. The fourth-order valence-electron chi connectivity index (χ4n) is 1.73. The van der Waals surface area contributed by atoms with Crippen LogP contribution in [0.25, 0.3) is 0 Å². The summed E-state index contributed by atoms with van der Waals surface area (Å²) in [5.41, 5.74) is 0. The summed E-state index contributed by atoms with van der Waals surface area (Å²) >= 11 is 0. The second-order valence-electron chi connectivity index (χ2n) is 4.06. The van der Waals surface area contributed by atoms with Crippen molar-refractivity contribution in [3.8, 4) is 6.07 Å². The molecule has 2 atom stereocenters. The number of morpholine rings is 1. The summed E-state index contributed by atoms with van der Waals surface area (Å²) in [6, 6.07) is 2.42. The van der Waals surface area contributed by atoms with Crippen molar-refractivity contribution in [1.29, 1.82) is 5.26 Å². The third-order valence-electron chi connectivity index (χ3n) is 2.76. The molecule has 1 heterocycles. The van der Waals surface area contributed by atoms with Gasteiger partial charge in [0, 0.05) is 25.7 Å². The van der Waals surface area contributed by atoms with Crippen LogP contribution in [0.15, 0.2) is 0 Å². The predicted octanol–water partition coefficient (Wildman–Crippen LogP) is 0.599. The lowest BCUT2D eigenvalue weighted by Crippen LogP contribution is -2.47. The van der Waals surface area contributed by atoms with E-state index in [9.17, 15) is 0 Å². The van der Waals surface area contributed by atoms with Gasteiger partial charge < -0.3 is 10.1 Å². The molecule has 0 bridgehead atoms. The van der Waals surface area contributed by atoms with E-state index in [4.69, 9.17) is 10.00 Å². The van der Waals surface area contributed by atoms with Crippen LogP contribution >= 0.6 is 0 Å². The van der Waals surface area contributed by atoms with Gasteiger partial charge in [-0.15, -0.1) is 0 Å². The zero-order chi connectivity index (χ0) is 11.1. The molecule has 15 heavy (non-hydrogen) atoms. The molecule has 0 aliphatic carbocycles. The normalized spacial score (nSPS) is 24.7. The van der Waals surface area contributed by atoms with Crippen LogP contribution in [0.1, 0.15) is 20.3 Å². The van der Waals surface area contributed by atoms with Crippen molar-refractivity contribution in [2.45, 2.75) is 32.4 Å². The highest BCUT2D eigenvalue weighted by molar-refractivity contribution is 4.80. The Kier molecular flexibility index (Phi) is 5.62. The largest absolute Gasteiger partial charge is 0.374 e. The molecule has 86 valence electrons. The smallest absolute Gasteiger partial charge is 0.0826 e. The van der Waals surface area contributed by atoms with Gasteiger partial charge in [0.1, 0.15) is 0 Å². The average Bonchev–Trinajstić information content (AvgIpc) is 2.27. The average molecular weight is 211 g/mol. The van der Waals surface area contributed by atoms with Crippen molar-refractivity contribution in [2.24, 2.45) is 0 Å². The van der Waals surface area contributed by atoms with E-state index in [-0.39, 0.29) is 12.1 Å². The monoisotopic (exact) mass is 211 g/mol. The molecule has 2 unspecified atom stereocenters. The van der Waals surface area contributed by atoms with Gasteiger partial charge in [0.2, 0.25) is 0 Å². The lowest BCUT2D eigenvalue weighted by atomic mass is 10.2. The quantitative estimate of drug-likeness (QED) is 0.723. The van der Waals surface area contributed by atoms with Crippen molar-refractivity contribution >= 4 is 0 Å². The molecule has 0 aromatic carbocycles. The van der Waals surface area contributed by atoms with E-state index in [0.29, 0.717) is 6.42 Å². The van der Waals surface area contributed by atoms with Gasteiger partial charge in [0.25, 0.3) is 0 Å². The molecule has 1 saturated heterocycles. The number of hydrogen-bond donors (Lipinski definition) is 1. The summed E-state index contributed by atoms with van der Waals surface area (Å²) in [7, 11) is 0. The summed E-state index contributed by atoms with van der Waals surface area (Å²) in [6.45, 7) is 9.01. The Bertz CT molecular complexity index is 214. The summed E-state index contributed by atoms with van der Waals surface area (Å²) in [5.74, 6) is 0. The number of nitriles is 1. The Balaban J connectivity index is 2.18. The molecule has 0 radical (unpaired) electrons. The Labute approximate surface area is 92.2 Å². The Hall–Kier alpha value is -0.630. The van der Waals surface area contributed by atoms with Crippen LogP contribution in [0.5, 0.6) is 0 Å². The van der Waals surface area contributed by atoms with Gasteiger partial charge in [-0.05, 0) is 13.5 Å². The summed E-state index contributed by atoms with van der Waals surface area (Å²) in [5, 5.41) is 11.8. The second-order valence-corrected chi connectivity index (χ2v) is 4.06. The molecule has 4 nitrogen and oxygen atoms in total.